The molecule has 0 heterocycles. The lowest BCUT2D eigenvalue weighted by atomic mass is 10.0. The first-order valence-corrected chi connectivity index (χ1v) is 5.22. The summed E-state index contributed by atoms with van der Waals surface area (Å²) in [5.41, 5.74) is 1.75. The molecule has 4 nitrogen and oxygen atoms in total. The van der Waals surface area contributed by atoms with Crippen molar-refractivity contribution in [3.8, 4) is 11.5 Å². The molecule has 0 saturated carbocycles. The molecule has 1 aromatic carbocycles. The Balaban J connectivity index is 3.22. The minimum atomic E-state index is -1.04. The molecule has 0 radical (unpaired) electrons. The fraction of sp³-hybridized carbons (Fsp3) is 0.308. The van der Waals surface area contributed by atoms with Crippen LogP contribution in [-0.2, 0) is 6.42 Å². The van der Waals surface area contributed by atoms with Crippen molar-refractivity contribution < 1.29 is 19.7 Å². The van der Waals surface area contributed by atoms with Gasteiger partial charge in [-0.15, -0.1) is 0 Å². The summed E-state index contributed by atoms with van der Waals surface area (Å²) in [7, 11) is 1.39. The van der Waals surface area contributed by atoms with Crippen molar-refractivity contribution in [2.24, 2.45) is 0 Å². The van der Waals surface area contributed by atoms with Crippen molar-refractivity contribution in [3.05, 3.63) is 34.9 Å². The summed E-state index contributed by atoms with van der Waals surface area (Å²) in [5, 5.41) is 18.8. The minimum absolute atomic E-state index is 0.00463. The Hall–Kier alpha value is -1.97. The van der Waals surface area contributed by atoms with Gasteiger partial charge in [-0.1, -0.05) is 11.6 Å². The second-order valence-electron chi connectivity index (χ2n) is 3.98. The maximum absolute atomic E-state index is 10.9. The number of hydrogen-bond acceptors (Lipinski definition) is 3. The summed E-state index contributed by atoms with van der Waals surface area (Å²) in [6.45, 7) is 3.88. The lowest BCUT2D eigenvalue weighted by Crippen LogP contribution is -2.00. The van der Waals surface area contributed by atoms with E-state index in [4.69, 9.17) is 9.84 Å². The number of benzene rings is 1. The van der Waals surface area contributed by atoms with Crippen LogP contribution in [0.2, 0.25) is 0 Å². The first-order chi connectivity index (χ1) is 7.95. The van der Waals surface area contributed by atoms with Gasteiger partial charge < -0.3 is 14.9 Å². The molecule has 17 heavy (non-hydrogen) atoms. The average Bonchev–Trinajstić information content (AvgIpc) is 2.27. The van der Waals surface area contributed by atoms with Crippen LogP contribution in [-0.4, -0.2) is 23.3 Å². The van der Waals surface area contributed by atoms with Gasteiger partial charge >= 0.3 is 5.97 Å². The Morgan fingerprint density at radius 2 is 2.06 bits per heavy atom. The molecule has 0 spiro atoms. The van der Waals surface area contributed by atoms with E-state index in [1.165, 1.54) is 19.2 Å². The Morgan fingerprint density at radius 3 is 2.53 bits per heavy atom. The van der Waals surface area contributed by atoms with E-state index in [2.05, 4.69) is 0 Å². The molecule has 0 aliphatic rings. The highest BCUT2D eigenvalue weighted by Crippen LogP contribution is 2.32. The molecule has 2 N–H and O–H groups in total. The van der Waals surface area contributed by atoms with E-state index >= 15 is 0 Å². The van der Waals surface area contributed by atoms with E-state index in [0.717, 1.165) is 5.57 Å². The van der Waals surface area contributed by atoms with Crippen LogP contribution >= 0.6 is 0 Å². The molecule has 0 bridgehead atoms. The molecule has 4 heteroatoms. The van der Waals surface area contributed by atoms with Crippen LogP contribution in [0.3, 0.4) is 0 Å². The van der Waals surface area contributed by atoms with E-state index in [9.17, 15) is 9.90 Å². The highest BCUT2D eigenvalue weighted by Gasteiger charge is 2.13. The molecule has 0 atom stereocenters. The largest absolute Gasteiger partial charge is 0.504 e. The number of hydrogen-bond donors (Lipinski definition) is 2. The van der Waals surface area contributed by atoms with Crippen molar-refractivity contribution in [3.63, 3.8) is 0 Å². The zero-order chi connectivity index (χ0) is 13.0. The second kappa shape index (κ2) is 5.39. The molecule has 0 saturated heterocycles. The summed E-state index contributed by atoms with van der Waals surface area (Å²) in [6, 6.07) is 2.77. The van der Waals surface area contributed by atoms with E-state index < -0.39 is 5.97 Å². The molecule has 0 aliphatic heterocycles. The average molecular weight is 236 g/mol. The van der Waals surface area contributed by atoms with Crippen molar-refractivity contribution in [1.29, 1.82) is 0 Å². The molecule has 1 rings (SSSR count). The number of phenolic OH excluding ortho intramolecular Hbond substituents is 1. The predicted octanol–water partition coefficient (Wildman–Crippen LogP) is 2.61. The molecule has 92 valence electrons. The standard InChI is InChI=1S/C13H16O4/c1-8(2)4-5-9-6-10(13(15)16)7-11(17-3)12(9)14/h4,6-7,14H,5H2,1-3H3,(H,15,16). The minimum Gasteiger partial charge on any atom is -0.504 e. The molecule has 0 aliphatic carbocycles. The molecule has 0 amide bonds. The van der Waals surface area contributed by atoms with Crippen molar-refractivity contribution in [2.75, 3.05) is 7.11 Å². The van der Waals surface area contributed by atoms with Crippen LogP contribution in [0, 0.1) is 0 Å². The number of methoxy groups -OCH3 is 1. The van der Waals surface area contributed by atoms with Crippen LogP contribution in [0.15, 0.2) is 23.8 Å². The SMILES string of the molecule is COc1cc(C(=O)O)cc(CC=C(C)C)c1O. The smallest absolute Gasteiger partial charge is 0.335 e. The lowest BCUT2D eigenvalue weighted by Gasteiger charge is -2.09. The molecular weight excluding hydrogens is 220 g/mol. The molecular formula is C13H16O4. The topological polar surface area (TPSA) is 66.8 Å². The van der Waals surface area contributed by atoms with E-state index in [0.29, 0.717) is 12.0 Å². The van der Waals surface area contributed by atoms with Gasteiger partial charge in [-0.25, -0.2) is 4.79 Å². The monoisotopic (exact) mass is 236 g/mol. The Bertz CT molecular complexity index is 457. The van der Waals surface area contributed by atoms with Gasteiger partial charge in [0.2, 0.25) is 0 Å². The number of aromatic carboxylic acids is 1. The van der Waals surface area contributed by atoms with Gasteiger partial charge in [0.25, 0.3) is 0 Å². The van der Waals surface area contributed by atoms with E-state index in [1.807, 2.05) is 19.9 Å². The maximum Gasteiger partial charge on any atom is 0.335 e. The van der Waals surface area contributed by atoms with Crippen LogP contribution in [0.5, 0.6) is 11.5 Å². The Labute approximate surface area is 100 Å². The zero-order valence-corrected chi connectivity index (χ0v) is 10.2. The maximum atomic E-state index is 10.9. The summed E-state index contributed by atoms with van der Waals surface area (Å²) in [5.74, 6) is -0.862. The molecule has 0 aromatic heterocycles. The van der Waals surface area contributed by atoms with E-state index in [1.54, 1.807) is 0 Å². The molecule has 1 aromatic rings. The van der Waals surface area contributed by atoms with Gasteiger partial charge in [-0.3, -0.25) is 0 Å². The third-order valence-electron chi connectivity index (χ3n) is 2.35. The first kappa shape index (κ1) is 13.1. The predicted molar refractivity (Wildman–Crippen MR) is 64.8 cm³/mol. The number of carboxylic acids is 1. The fourth-order valence-corrected chi connectivity index (χ4v) is 1.41. The quantitative estimate of drug-likeness (QED) is 0.788. The van der Waals surface area contributed by atoms with Crippen LogP contribution in [0.25, 0.3) is 0 Å². The zero-order valence-electron chi connectivity index (χ0n) is 10.2. The second-order valence-corrected chi connectivity index (χ2v) is 3.98. The number of carboxylic acid groups (broad SMARTS) is 1. The molecule has 0 unspecified atom stereocenters. The van der Waals surface area contributed by atoms with Gasteiger partial charge in [-0.05, 0) is 32.4 Å². The Kier molecular flexibility index (Phi) is 4.15. The highest BCUT2D eigenvalue weighted by molar-refractivity contribution is 5.89. The fourth-order valence-electron chi connectivity index (χ4n) is 1.41. The number of aromatic hydroxyl groups is 1. The number of allylic oxidation sites excluding steroid dienone is 2. The van der Waals surface area contributed by atoms with Crippen molar-refractivity contribution >= 4 is 5.97 Å². The van der Waals surface area contributed by atoms with Crippen LogP contribution < -0.4 is 4.74 Å². The summed E-state index contributed by atoms with van der Waals surface area (Å²) in [4.78, 5) is 10.9. The number of ether oxygens (including phenoxy) is 1. The van der Waals surface area contributed by atoms with Gasteiger partial charge in [0.15, 0.2) is 11.5 Å². The Morgan fingerprint density at radius 1 is 1.41 bits per heavy atom. The summed E-state index contributed by atoms with van der Waals surface area (Å²) < 4.78 is 4.95. The third-order valence-corrected chi connectivity index (χ3v) is 2.35. The van der Waals surface area contributed by atoms with Gasteiger partial charge in [-0.2, -0.15) is 0 Å². The highest BCUT2D eigenvalue weighted by atomic mass is 16.5. The summed E-state index contributed by atoms with van der Waals surface area (Å²) in [6.07, 6.45) is 2.39. The summed E-state index contributed by atoms with van der Waals surface area (Å²) >= 11 is 0. The van der Waals surface area contributed by atoms with Crippen LogP contribution in [0.1, 0.15) is 29.8 Å². The van der Waals surface area contributed by atoms with E-state index in [-0.39, 0.29) is 17.1 Å². The number of rotatable bonds is 4. The normalized spacial score (nSPS) is 9.82. The molecule has 0 fully saturated rings. The number of phenols is 1. The van der Waals surface area contributed by atoms with Gasteiger partial charge in [0, 0.05) is 5.56 Å². The van der Waals surface area contributed by atoms with Gasteiger partial charge in [0.1, 0.15) is 0 Å². The lowest BCUT2D eigenvalue weighted by molar-refractivity contribution is 0.0696. The first-order valence-electron chi connectivity index (χ1n) is 5.22. The van der Waals surface area contributed by atoms with Crippen LogP contribution in [0.4, 0.5) is 0 Å². The van der Waals surface area contributed by atoms with Gasteiger partial charge in [0.05, 0.1) is 12.7 Å². The van der Waals surface area contributed by atoms with Crippen molar-refractivity contribution in [1.82, 2.24) is 0 Å². The van der Waals surface area contributed by atoms with Crippen molar-refractivity contribution in [2.45, 2.75) is 20.3 Å². The third kappa shape index (κ3) is 3.24. The number of carbonyl (C=O) groups is 1.